The van der Waals surface area contributed by atoms with E-state index in [0.717, 1.165) is 27.8 Å². The number of nitrogens with two attached hydrogens (primary N) is 1. The Labute approximate surface area is 177 Å². The summed E-state index contributed by atoms with van der Waals surface area (Å²) in [6.07, 6.45) is 2.24. The fourth-order valence-electron chi connectivity index (χ4n) is 2.95. The van der Waals surface area contributed by atoms with Gasteiger partial charge in [0.25, 0.3) is 0 Å². The maximum Gasteiger partial charge on any atom is 0.226 e. The third kappa shape index (κ3) is 5.12. The molecule has 1 aromatic heterocycles. The third-order valence-electron chi connectivity index (χ3n) is 4.37. The summed E-state index contributed by atoms with van der Waals surface area (Å²) in [6, 6.07) is 19.1. The molecule has 4 nitrogen and oxygen atoms in total. The number of rotatable bonds is 8. The Morgan fingerprint density at radius 1 is 1.14 bits per heavy atom. The van der Waals surface area contributed by atoms with Crippen LogP contribution in [0.15, 0.2) is 66.9 Å². The lowest BCUT2D eigenvalue weighted by Crippen LogP contribution is -2.24. The van der Waals surface area contributed by atoms with Crippen LogP contribution in [0.4, 0.5) is 0 Å². The molecule has 6 heteroatoms. The first-order valence-corrected chi connectivity index (χ1v) is 10.4. The quantitative estimate of drug-likeness (QED) is 0.483. The van der Waals surface area contributed by atoms with Gasteiger partial charge in [-0.3, -0.25) is 9.78 Å². The highest BCUT2D eigenvalue weighted by atomic mass is 79.9. The normalized spacial score (nSPS) is 11.8. The van der Waals surface area contributed by atoms with Crippen molar-refractivity contribution in [2.24, 2.45) is 5.73 Å². The van der Waals surface area contributed by atoms with Crippen molar-refractivity contribution < 1.29 is 9.53 Å². The molecule has 0 aliphatic carbocycles. The second kappa shape index (κ2) is 9.71. The molecule has 0 bridgehead atoms. The minimum Gasteiger partial charge on any atom is -0.493 e. The molecule has 0 saturated carbocycles. The summed E-state index contributed by atoms with van der Waals surface area (Å²) in [6.45, 7) is 0.571. The first-order valence-electron chi connectivity index (χ1n) is 8.86. The molecule has 1 amide bonds. The van der Waals surface area contributed by atoms with Crippen molar-refractivity contribution in [3.05, 3.63) is 83.1 Å². The van der Waals surface area contributed by atoms with Crippen molar-refractivity contribution in [1.29, 1.82) is 0 Å². The third-order valence-corrected chi connectivity index (χ3v) is 5.00. The smallest absolute Gasteiger partial charge is 0.226 e. The number of carbonyl (C=O) groups is 1. The molecule has 0 saturated heterocycles. The summed E-state index contributed by atoms with van der Waals surface area (Å²) in [5, 5.41) is 1.33. The van der Waals surface area contributed by atoms with Gasteiger partial charge in [-0.05, 0) is 36.2 Å². The van der Waals surface area contributed by atoms with Gasteiger partial charge in [0, 0.05) is 22.7 Å². The minimum absolute atomic E-state index is 0.393. The molecule has 2 aromatic carbocycles. The number of primary amides is 1. The number of pyridine rings is 1. The van der Waals surface area contributed by atoms with Gasteiger partial charge in [0.1, 0.15) is 5.75 Å². The Balaban J connectivity index is 1.81. The number of aromatic nitrogens is 1. The van der Waals surface area contributed by atoms with Crippen molar-refractivity contribution in [2.45, 2.75) is 12.3 Å². The number of amides is 1. The highest BCUT2D eigenvalue weighted by Gasteiger charge is 2.20. The molecule has 2 N–H and O–H groups in total. The van der Waals surface area contributed by atoms with Gasteiger partial charge >= 0.3 is 0 Å². The van der Waals surface area contributed by atoms with Crippen molar-refractivity contribution in [2.75, 3.05) is 11.9 Å². The molecule has 28 heavy (non-hydrogen) atoms. The number of ether oxygens (including phenoxy) is 1. The van der Waals surface area contributed by atoms with Crippen LogP contribution in [0.3, 0.4) is 0 Å². The fraction of sp³-hybridized carbons (Fsp3) is 0.182. The lowest BCUT2D eigenvalue weighted by molar-refractivity contribution is -0.119. The van der Waals surface area contributed by atoms with Crippen LogP contribution in [-0.4, -0.2) is 22.8 Å². The zero-order chi connectivity index (χ0) is 19.9. The first kappa shape index (κ1) is 20.4. The Morgan fingerprint density at radius 2 is 1.93 bits per heavy atom. The minimum atomic E-state index is -0.480. The van der Waals surface area contributed by atoms with Gasteiger partial charge in [-0.2, -0.15) is 0 Å². The van der Waals surface area contributed by atoms with E-state index in [2.05, 4.69) is 20.9 Å². The molecule has 3 aromatic rings. The van der Waals surface area contributed by atoms with Crippen LogP contribution < -0.4 is 10.5 Å². The van der Waals surface area contributed by atoms with Gasteiger partial charge in [0.2, 0.25) is 5.91 Å². The largest absolute Gasteiger partial charge is 0.493 e. The zero-order valence-corrected chi connectivity index (χ0v) is 17.5. The van der Waals surface area contributed by atoms with Gasteiger partial charge in [0.15, 0.2) is 0 Å². The second-order valence-electron chi connectivity index (χ2n) is 6.30. The number of hydrogen-bond donors (Lipinski definition) is 1. The Hall–Kier alpha value is -2.37. The highest BCUT2D eigenvalue weighted by Crippen LogP contribution is 2.31. The van der Waals surface area contributed by atoms with Crippen LogP contribution in [0, 0.1) is 0 Å². The second-order valence-corrected chi connectivity index (χ2v) is 7.50. The van der Waals surface area contributed by atoms with Crippen LogP contribution in [0.5, 0.6) is 5.75 Å². The molecule has 0 aliphatic heterocycles. The first-order chi connectivity index (χ1) is 13.6. The Morgan fingerprint density at radius 3 is 2.54 bits per heavy atom. The number of nitrogens with zero attached hydrogens (tertiary/aromatic N) is 1. The van der Waals surface area contributed by atoms with E-state index in [4.69, 9.17) is 22.1 Å². The molecule has 0 spiro atoms. The van der Waals surface area contributed by atoms with Gasteiger partial charge in [-0.15, -0.1) is 0 Å². The summed E-state index contributed by atoms with van der Waals surface area (Å²) in [4.78, 5) is 16.5. The van der Waals surface area contributed by atoms with Gasteiger partial charge in [-0.1, -0.05) is 63.9 Å². The molecular weight excluding hydrogens is 440 g/mol. The average molecular weight is 460 g/mol. The van der Waals surface area contributed by atoms with E-state index in [1.807, 2.05) is 54.6 Å². The number of alkyl halides is 1. The lowest BCUT2D eigenvalue weighted by Gasteiger charge is -2.14. The SMILES string of the molecule is NC(=O)C(Cc1ccccc1)c1ccc(-c2ccc(OCCBr)cc2Cl)cn1. The number of halogens is 2. The maximum absolute atomic E-state index is 12.0. The molecule has 144 valence electrons. The number of carbonyl (C=O) groups excluding carboxylic acids is 1. The van der Waals surface area contributed by atoms with Crippen LogP contribution in [-0.2, 0) is 11.2 Å². The van der Waals surface area contributed by atoms with Crippen LogP contribution in [0.2, 0.25) is 5.02 Å². The topological polar surface area (TPSA) is 65.2 Å². The lowest BCUT2D eigenvalue weighted by atomic mass is 9.94. The van der Waals surface area contributed by atoms with Crippen LogP contribution >= 0.6 is 27.5 Å². The standard InChI is InChI=1S/C22H20BrClN2O2/c23-10-11-28-17-7-8-18(20(24)13-17)16-6-9-21(26-14-16)19(22(25)27)12-15-4-2-1-3-5-15/h1-9,13-14,19H,10-12H2,(H2,25,27). The summed E-state index contributed by atoms with van der Waals surface area (Å²) in [5.41, 5.74) is 9.03. The summed E-state index contributed by atoms with van der Waals surface area (Å²) in [7, 11) is 0. The maximum atomic E-state index is 12.0. The molecular formula is C22H20BrClN2O2. The summed E-state index contributed by atoms with van der Waals surface area (Å²) < 4.78 is 5.56. The highest BCUT2D eigenvalue weighted by molar-refractivity contribution is 9.09. The molecule has 1 atom stereocenters. The van der Waals surface area contributed by atoms with Gasteiger partial charge < -0.3 is 10.5 Å². The fourth-order valence-corrected chi connectivity index (χ4v) is 3.39. The van der Waals surface area contributed by atoms with E-state index >= 15 is 0 Å². The molecule has 1 heterocycles. The molecule has 1 unspecified atom stereocenters. The van der Waals surface area contributed by atoms with Crippen LogP contribution in [0.25, 0.3) is 11.1 Å². The van der Waals surface area contributed by atoms with E-state index in [1.54, 1.807) is 12.3 Å². The summed E-state index contributed by atoms with van der Waals surface area (Å²) >= 11 is 9.74. The van der Waals surface area contributed by atoms with Crippen molar-refractivity contribution in [3.8, 4) is 16.9 Å². The van der Waals surface area contributed by atoms with E-state index in [-0.39, 0.29) is 0 Å². The van der Waals surface area contributed by atoms with Crippen molar-refractivity contribution >= 4 is 33.4 Å². The van der Waals surface area contributed by atoms with E-state index in [0.29, 0.717) is 23.7 Å². The molecule has 3 rings (SSSR count). The molecule has 0 radical (unpaired) electrons. The van der Waals surface area contributed by atoms with Crippen LogP contribution in [0.1, 0.15) is 17.2 Å². The number of benzene rings is 2. The van der Waals surface area contributed by atoms with E-state index < -0.39 is 11.8 Å². The predicted octanol–water partition coefficient (Wildman–Crippen LogP) is 4.99. The average Bonchev–Trinajstić information content (AvgIpc) is 2.71. The Kier molecular flexibility index (Phi) is 7.06. The van der Waals surface area contributed by atoms with Gasteiger partial charge in [0.05, 0.1) is 23.2 Å². The van der Waals surface area contributed by atoms with E-state index in [9.17, 15) is 4.79 Å². The molecule has 0 fully saturated rings. The molecule has 0 aliphatic rings. The van der Waals surface area contributed by atoms with Crippen molar-refractivity contribution in [3.63, 3.8) is 0 Å². The Bertz CT molecular complexity index is 933. The zero-order valence-electron chi connectivity index (χ0n) is 15.1. The summed E-state index contributed by atoms with van der Waals surface area (Å²) in [5.74, 6) is -0.156. The van der Waals surface area contributed by atoms with Gasteiger partial charge in [-0.25, -0.2) is 0 Å². The van der Waals surface area contributed by atoms with Crippen molar-refractivity contribution in [1.82, 2.24) is 4.98 Å². The monoisotopic (exact) mass is 458 g/mol. The van der Waals surface area contributed by atoms with E-state index in [1.165, 1.54) is 0 Å². The number of hydrogen-bond acceptors (Lipinski definition) is 3. The predicted molar refractivity (Wildman–Crippen MR) is 116 cm³/mol.